The number of carboxylic acids is 1. The third-order valence-electron chi connectivity index (χ3n) is 4.21. The molecule has 0 aromatic rings. The number of aliphatic carboxylic acids is 1. The standard InChI is InChI=1S/C14H26N2O3/c1-4-8-15-12(17)11(3)16-9-6-7-14(5-2,10-16)13(18)19/h11H,4-10H2,1-3H3,(H,15,17)(H,18,19). The molecule has 0 radical (unpaired) electrons. The summed E-state index contributed by atoms with van der Waals surface area (Å²) in [6.07, 6.45) is 3.07. The normalized spacial score (nSPS) is 25.8. The second-order valence-corrected chi connectivity index (χ2v) is 5.48. The molecule has 1 aliphatic rings. The fraction of sp³-hybridized carbons (Fsp3) is 0.857. The number of carbonyl (C=O) groups is 2. The first kappa shape index (κ1) is 16.0. The van der Waals surface area contributed by atoms with E-state index in [4.69, 9.17) is 0 Å². The Balaban J connectivity index is 2.68. The van der Waals surface area contributed by atoms with Gasteiger partial charge >= 0.3 is 5.97 Å². The van der Waals surface area contributed by atoms with Gasteiger partial charge in [-0.3, -0.25) is 14.5 Å². The number of carbonyl (C=O) groups excluding carboxylic acids is 1. The van der Waals surface area contributed by atoms with Gasteiger partial charge in [0.25, 0.3) is 0 Å². The van der Waals surface area contributed by atoms with Crippen molar-refractivity contribution in [3.63, 3.8) is 0 Å². The van der Waals surface area contributed by atoms with Crippen molar-refractivity contribution in [2.45, 2.75) is 52.5 Å². The van der Waals surface area contributed by atoms with Gasteiger partial charge in [-0.25, -0.2) is 0 Å². The van der Waals surface area contributed by atoms with E-state index in [0.717, 1.165) is 19.4 Å². The maximum Gasteiger partial charge on any atom is 0.310 e. The van der Waals surface area contributed by atoms with Gasteiger partial charge in [-0.1, -0.05) is 13.8 Å². The van der Waals surface area contributed by atoms with E-state index in [1.165, 1.54) is 0 Å². The Hall–Kier alpha value is -1.10. The van der Waals surface area contributed by atoms with Crippen LogP contribution in [0.4, 0.5) is 0 Å². The van der Waals surface area contributed by atoms with Gasteiger partial charge in [0.2, 0.25) is 5.91 Å². The molecule has 1 heterocycles. The molecule has 5 heteroatoms. The van der Waals surface area contributed by atoms with E-state index >= 15 is 0 Å². The molecule has 0 bridgehead atoms. The van der Waals surface area contributed by atoms with Crippen molar-refractivity contribution in [2.24, 2.45) is 5.41 Å². The van der Waals surface area contributed by atoms with Crippen molar-refractivity contribution < 1.29 is 14.7 Å². The molecule has 1 amide bonds. The minimum absolute atomic E-state index is 0.000795. The number of likely N-dealkylation sites (tertiary alicyclic amines) is 1. The van der Waals surface area contributed by atoms with Crippen molar-refractivity contribution in [3.05, 3.63) is 0 Å². The van der Waals surface area contributed by atoms with Gasteiger partial charge in [-0.05, 0) is 39.2 Å². The topological polar surface area (TPSA) is 69.6 Å². The third-order valence-corrected chi connectivity index (χ3v) is 4.21. The average Bonchev–Trinajstić information content (AvgIpc) is 2.43. The Morgan fingerprint density at radius 3 is 2.63 bits per heavy atom. The van der Waals surface area contributed by atoms with Crippen molar-refractivity contribution in [1.29, 1.82) is 0 Å². The Bertz CT molecular complexity index is 333. The van der Waals surface area contributed by atoms with Crippen LogP contribution in [0.25, 0.3) is 0 Å². The molecule has 19 heavy (non-hydrogen) atoms. The molecule has 2 atom stereocenters. The van der Waals surface area contributed by atoms with Crippen LogP contribution in [-0.2, 0) is 9.59 Å². The molecule has 1 fully saturated rings. The number of nitrogens with zero attached hydrogens (tertiary/aromatic N) is 1. The van der Waals surface area contributed by atoms with Gasteiger partial charge in [-0.15, -0.1) is 0 Å². The summed E-state index contributed by atoms with van der Waals surface area (Å²) >= 11 is 0. The number of rotatable bonds is 6. The van der Waals surface area contributed by atoms with Crippen LogP contribution in [-0.4, -0.2) is 47.6 Å². The highest BCUT2D eigenvalue weighted by molar-refractivity contribution is 5.81. The average molecular weight is 270 g/mol. The number of piperidine rings is 1. The van der Waals surface area contributed by atoms with Crippen molar-refractivity contribution in [2.75, 3.05) is 19.6 Å². The van der Waals surface area contributed by atoms with E-state index in [0.29, 0.717) is 25.9 Å². The summed E-state index contributed by atoms with van der Waals surface area (Å²) in [5.41, 5.74) is -0.683. The summed E-state index contributed by atoms with van der Waals surface area (Å²) in [5, 5.41) is 12.3. The molecule has 5 nitrogen and oxygen atoms in total. The van der Waals surface area contributed by atoms with E-state index in [-0.39, 0.29) is 11.9 Å². The van der Waals surface area contributed by atoms with E-state index in [1.54, 1.807) is 0 Å². The largest absolute Gasteiger partial charge is 0.481 e. The first-order valence-electron chi connectivity index (χ1n) is 7.22. The number of amides is 1. The minimum atomic E-state index is -0.735. The van der Waals surface area contributed by atoms with Crippen LogP contribution in [0.5, 0.6) is 0 Å². The maximum atomic E-state index is 12.0. The quantitative estimate of drug-likeness (QED) is 0.767. The molecule has 1 aliphatic heterocycles. The van der Waals surface area contributed by atoms with E-state index in [1.807, 2.05) is 25.7 Å². The first-order chi connectivity index (χ1) is 8.96. The van der Waals surface area contributed by atoms with Gasteiger partial charge in [0.1, 0.15) is 0 Å². The summed E-state index contributed by atoms with van der Waals surface area (Å²) in [7, 11) is 0. The number of carboxylic acid groups (broad SMARTS) is 1. The zero-order valence-corrected chi connectivity index (χ0v) is 12.2. The van der Waals surface area contributed by atoms with Crippen LogP contribution in [0.15, 0.2) is 0 Å². The van der Waals surface area contributed by atoms with Crippen LogP contribution in [0.2, 0.25) is 0 Å². The molecule has 1 rings (SSSR count). The van der Waals surface area contributed by atoms with Crippen molar-refractivity contribution >= 4 is 11.9 Å². The highest BCUT2D eigenvalue weighted by Gasteiger charge is 2.42. The zero-order chi connectivity index (χ0) is 14.5. The van der Waals surface area contributed by atoms with E-state index < -0.39 is 11.4 Å². The van der Waals surface area contributed by atoms with Gasteiger partial charge in [0, 0.05) is 13.1 Å². The fourth-order valence-electron chi connectivity index (χ4n) is 2.67. The van der Waals surface area contributed by atoms with Gasteiger partial charge in [-0.2, -0.15) is 0 Å². The lowest BCUT2D eigenvalue weighted by molar-refractivity contribution is -0.154. The summed E-state index contributed by atoms with van der Waals surface area (Å²) < 4.78 is 0. The molecule has 2 N–H and O–H groups in total. The predicted octanol–water partition coefficient (Wildman–Crippen LogP) is 1.48. The van der Waals surface area contributed by atoms with Gasteiger partial charge in [0.05, 0.1) is 11.5 Å². The molecule has 0 spiro atoms. The Morgan fingerprint density at radius 2 is 2.11 bits per heavy atom. The van der Waals surface area contributed by atoms with Crippen LogP contribution in [0.1, 0.15) is 46.5 Å². The lowest BCUT2D eigenvalue weighted by atomic mass is 9.77. The molecule has 1 saturated heterocycles. The summed E-state index contributed by atoms with van der Waals surface area (Å²) in [6.45, 7) is 7.74. The second-order valence-electron chi connectivity index (χ2n) is 5.48. The lowest BCUT2D eigenvalue weighted by Crippen LogP contribution is -2.54. The predicted molar refractivity (Wildman–Crippen MR) is 73.9 cm³/mol. The van der Waals surface area contributed by atoms with E-state index in [9.17, 15) is 14.7 Å². The molecular formula is C14H26N2O3. The number of nitrogens with one attached hydrogen (secondary N) is 1. The molecule has 0 aromatic carbocycles. The monoisotopic (exact) mass is 270 g/mol. The minimum Gasteiger partial charge on any atom is -0.481 e. The third kappa shape index (κ3) is 3.69. The lowest BCUT2D eigenvalue weighted by Gasteiger charge is -2.41. The van der Waals surface area contributed by atoms with Crippen molar-refractivity contribution in [3.8, 4) is 0 Å². The molecule has 0 aliphatic carbocycles. The van der Waals surface area contributed by atoms with Gasteiger partial charge < -0.3 is 10.4 Å². The summed E-state index contributed by atoms with van der Waals surface area (Å²) in [4.78, 5) is 25.5. The molecule has 2 unspecified atom stereocenters. The maximum absolute atomic E-state index is 12.0. The molecule has 0 saturated carbocycles. The SMILES string of the molecule is CCCNC(=O)C(C)N1CCCC(CC)(C(=O)O)C1. The van der Waals surface area contributed by atoms with Crippen LogP contribution >= 0.6 is 0 Å². The Morgan fingerprint density at radius 1 is 1.42 bits per heavy atom. The smallest absolute Gasteiger partial charge is 0.310 e. The Kier molecular flexibility index (Phi) is 5.79. The van der Waals surface area contributed by atoms with Crippen LogP contribution in [0, 0.1) is 5.41 Å². The van der Waals surface area contributed by atoms with Crippen molar-refractivity contribution in [1.82, 2.24) is 10.2 Å². The number of hydrogen-bond acceptors (Lipinski definition) is 3. The molecule has 0 aromatic heterocycles. The zero-order valence-electron chi connectivity index (χ0n) is 12.2. The highest BCUT2D eigenvalue weighted by Crippen LogP contribution is 2.34. The number of hydrogen-bond donors (Lipinski definition) is 2. The summed E-state index contributed by atoms with van der Waals surface area (Å²) in [5.74, 6) is -0.736. The van der Waals surface area contributed by atoms with Gasteiger partial charge in [0.15, 0.2) is 0 Å². The molecular weight excluding hydrogens is 244 g/mol. The Labute approximate surface area is 115 Å². The fourth-order valence-corrected chi connectivity index (χ4v) is 2.67. The second kappa shape index (κ2) is 6.89. The first-order valence-corrected chi connectivity index (χ1v) is 7.22. The molecule has 110 valence electrons. The van der Waals surface area contributed by atoms with Crippen LogP contribution < -0.4 is 5.32 Å². The van der Waals surface area contributed by atoms with Crippen LogP contribution in [0.3, 0.4) is 0 Å². The summed E-state index contributed by atoms with van der Waals surface area (Å²) in [6, 6.07) is -0.253. The highest BCUT2D eigenvalue weighted by atomic mass is 16.4. The van der Waals surface area contributed by atoms with E-state index in [2.05, 4.69) is 5.32 Å².